The number of anilines is 1. The minimum atomic E-state index is -0.876. The van der Waals surface area contributed by atoms with Gasteiger partial charge in [0.15, 0.2) is 0 Å². The largest absolute Gasteiger partial charge is 0.393 e. The van der Waals surface area contributed by atoms with Crippen molar-refractivity contribution in [2.45, 2.75) is 31.8 Å². The van der Waals surface area contributed by atoms with Crippen LogP contribution < -0.4 is 10.6 Å². The summed E-state index contributed by atoms with van der Waals surface area (Å²) in [6, 6.07) is 3.47. The standard InChI is InChI=1S/C15H18ClFN2O3/c16-11-7-10(17)5-6-12(11)19-15(22)14(21)18-8-9-3-1-2-4-13(9)20/h5-7,9,13,20H,1-4,8H2,(H,18,21)(H,19,22)/t9-,13+/m1/s1. The number of benzene rings is 1. The van der Waals surface area contributed by atoms with Crippen LogP contribution in [0.25, 0.3) is 0 Å². The molecule has 5 nitrogen and oxygen atoms in total. The molecular formula is C15H18ClFN2O3. The van der Waals surface area contributed by atoms with Gasteiger partial charge in [-0.3, -0.25) is 9.59 Å². The summed E-state index contributed by atoms with van der Waals surface area (Å²) in [5, 5.41) is 14.7. The second kappa shape index (κ2) is 7.56. The SMILES string of the molecule is O=C(NC[C@H]1CCCC[C@@H]1O)C(=O)Nc1ccc(F)cc1Cl. The molecule has 22 heavy (non-hydrogen) atoms. The average Bonchev–Trinajstić information content (AvgIpc) is 2.49. The number of carbonyl (C=O) groups excluding carboxylic acids is 2. The monoisotopic (exact) mass is 328 g/mol. The quantitative estimate of drug-likeness (QED) is 0.743. The molecule has 0 unspecified atom stereocenters. The molecule has 2 atom stereocenters. The Hall–Kier alpha value is -1.66. The van der Waals surface area contributed by atoms with Crippen LogP contribution in [0.3, 0.4) is 0 Å². The number of nitrogens with one attached hydrogen (secondary N) is 2. The molecule has 0 aliphatic heterocycles. The lowest BCUT2D eigenvalue weighted by molar-refractivity contribution is -0.136. The van der Waals surface area contributed by atoms with Crippen molar-refractivity contribution in [2.75, 3.05) is 11.9 Å². The van der Waals surface area contributed by atoms with Gasteiger partial charge in [-0.1, -0.05) is 24.4 Å². The van der Waals surface area contributed by atoms with Crippen LogP contribution in [0.15, 0.2) is 18.2 Å². The fourth-order valence-electron chi connectivity index (χ4n) is 2.50. The number of aliphatic hydroxyl groups excluding tert-OH is 1. The molecule has 1 aromatic rings. The van der Waals surface area contributed by atoms with Gasteiger partial charge in [-0.05, 0) is 31.0 Å². The molecule has 0 aromatic heterocycles. The molecule has 1 aliphatic rings. The van der Waals surface area contributed by atoms with Crippen molar-refractivity contribution >= 4 is 29.1 Å². The molecule has 120 valence electrons. The third-order valence-corrected chi connectivity index (χ3v) is 4.09. The normalized spacial score (nSPS) is 21.2. The maximum absolute atomic E-state index is 12.9. The Morgan fingerprint density at radius 3 is 2.68 bits per heavy atom. The molecule has 3 N–H and O–H groups in total. The highest BCUT2D eigenvalue weighted by molar-refractivity contribution is 6.41. The smallest absolute Gasteiger partial charge is 0.313 e. The molecule has 1 saturated carbocycles. The Morgan fingerprint density at radius 1 is 1.27 bits per heavy atom. The average molecular weight is 329 g/mol. The molecule has 0 bridgehead atoms. The first-order valence-electron chi connectivity index (χ1n) is 7.19. The van der Waals surface area contributed by atoms with Gasteiger partial charge in [-0.25, -0.2) is 4.39 Å². The molecule has 0 saturated heterocycles. The number of carbonyl (C=O) groups is 2. The van der Waals surface area contributed by atoms with E-state index in [0.717, 1.165) is 37.8 Å². The first-order valence-corrected chi connectivity index (χ1v) is 7.57. The second-order valence-corrected chi connectivity index (χ2v) is 5.81. The topological polar surface area (TPSA) is 78.4 Å². The van der Waals surface area contributed by atoms with E-state index in [4.69, 9.17) is 11.6 Å². The Kier molecular flexibility index (Phi) is 5.74. The van der Waals surface area contributed by atoms with Gasteiger partial charge < -0.3 is 15.7 Å². The molecule has 0 radical (unpaired) electrons. The van der Waals surface area contributed by atoms with Gasteiger partial charge in [0.2, 0.25) is 0 Å². The van der Waals surface area contributed by atoms with Crippen molar-refractivity contribution in [1.82, 2.24) is 5.32 Å². The zero-order chi connectivity index (χ0) is 16.1. The molecule has 1 aromatic carbocycles. The van der Waals surface area contributed by atoms with Gasteiger partial charge >= 0.3 is 11.8 Å². The molecule has 2 amide bonds. The first-order chi connectivity index (χ1) is 10.5. The summed E-state index contributed by atoms with van der Waals surface area (Å²) in [7, 11) is 0. The lowest BCUT2D eigenvalue weighted by Gasteiger charge is -2.27. The van der Waals surface area contributed by atoms with Crippen LogP contribution in [0.4, 0.5) is 10.1 Å². The van der Waals surface area contributed by atoms with Crippen molar-refractivity contribution in [3.63, 3.8) is 0 Å². The van der Waals surface area contributed by atoms with Gasteiger partial charge in [0.1, 0.15) is 5.82 Å². The van der Waals surface area contributed by atoms with Gasteiger partial charge in [-0.2, -0.15) is 0 Å². The molecule has 1 fully saturated rings. The van der Waals surface area contributed by atoms with E-state index in [9.17, 15) is 19.1 Å². The van der Waals surface area contributed by atoms with Gasteiger partial charge in [-0.15, -0.1) is 0 Å². The van der Waals surface area contributed by atoms with Crippen LogP contribution in [-0.4, -0.2) is 29.6 Å². The summed E-state index contributed by atoms with van der Waals surface area (Å²) >= 11 is 5.78. The summed E-state index contributed by atoms with van der Waals surface area (Å²) in [5.41, 5.74) is 0.168. The highest BCUT2D eigenvalue weighted by Gasteiger charge is 2.24. The maximum Gasteiger partial charge on any atom is 0.313 e. The lowest BCUT2D eigenvalue weighted by Crippen LogP contribution is -2.41. The molecule has 7 heteroatoms. The zero-order valence-corrected chi connectivity index (χ0v) is 12.7. The summed E-state index contributed by atoms with van der Waals surface area (Å²) < 4.78 is 12.9. The predicted molar refractivity (Wildman–Crippen MR) is 81.0 cm³/mol. The van der Waals surface area contributed by atoms with Crippen molar-refractivity contribution < 1.29 is 19.1 Å². The van der Waals surface area contributed by atoms with Crippen LogP contribution >= 0.6 is 11.6 Å². The number of amides is 2. The highest BCUT2D eigenvalue weighted by Crippen LogP contribution is 2.24. The van der Waals surface area contributed by atoms with E-state index in [0.29, 0.717) is 0 Å². The van der Waals surface area contributed by atoms with Crippen molar-refractivity contribution in [2.24, 2.45) is 5.92 Å². The number of rotatable bonds is 3. The minimum Gasteiger partial charge on any atom is -0.393 e. The van der Waals surface area contributed by atoms with Crippen LogP contribution in [-0.2, 0) is 9.59 Å². The second-order valence-electron chi connectivity index (χ2n) is 5.40. The van der Waals surface area contributed by atoms with E-state index in [1.54, 1.807) is 0 Å². The Bertz CT molecular complexity index is 568. The van der Waals surface area contributed by atoms with E-state index < -0.39 is 23.7 Å². The molecular weight excluding hydrogens is 311 g/mol. The number of hydrogen-bond donors (Lipinski definition) is 3. The maximum atomic E-state index is 12.9. The third kappa shape index (κ3) is 4.42. The van der Waals surface area contributed by atoms with Crippen LogP contribution in [0.2, 0.25) is 5.02 Å². The summed E-state index contributed by atoms with van der Waals surface area (Å²) in [4.78, 5) is 23.5. The summed E-state index contributed by atoms with van der Waals surface area (Å²) in [6.45, 7) is 0.255. The van der Waals surface area contributed by atoms with E-state index in [2.05, 4.69) is 10.6 Å². The fraction of sp³-hybridized carbons (Fsp3) is 0.467. The van der Waals surface area contributed by atoms with E-state index in [1.807, 2.05) is 0 Å². The number of hydrogen-bond acceptors (Lipinski definition) is 3. The zero-order valence-electron chi connectivity index (χ0n) is 11.9. The van der Waals surface area contributed by atoms with E-state index in [1.165, 1.54) is 6.07 Å². The lowest BCUT2D eigenvalue weighted by atomic mass is 9.86. The van der Waals surface area contributed by atoms with Crippen molar-refractivity contribution in [3.8, 4) is 0 Å². The molecule has 1 aliphatic carbocycles. The minimum absolute atomic E-state index is 0.0175. The summed E-state index contributed by atoms with van der Waals surface area (Å²) in [6.07, 6.45) is 3.10. The highest BCUT2D eigenvalue weighted by atomic mass is 35.5. The summed E-state index contributed by atoms with van der Waals surface area (Å²) in [5.74, 6) is -2.24. The van der Waals surface area contributed by atoms with Crippen LogP contribution in [0.1, 0.15) is 25.7 Å². The van der Waals surface area contributed by atoms with Gasteiger partial charge in [0.25, 0.3) is 0 Å². The number of aliphatic hydroxyl groups is 1. The molecule has 2 rings (SSSR count). The predicted octanol–water partition coefficient (Wildman–Crippen LogP) is 2.08. The van der Waals surface area contributed by atoms with E-state index >= 15 is 0 Å². The van der Waals surface area contributed by atoms with Crippen molar-refractivity contribution in [3.05, 3.63) is 29.0 Å². The molecule has 0 heterocycles. The van der Waals surface area contributed by atoms with Crippen molar-refractivity contribution in [1.29, 1.82) is 0 Å². The van der Waals surface area contributed by atoms with Crippen LogP contribution in [0.5, 0.6) is 0 Å². The van der Waals surface area contributed by atoms with Gasteiger partial charge in [0.05, 0.1) is 16.8 Å². The Labute approximate surface area is 132 Å². The Balaban J connectivity index is 1.85. The third-order valence-electron chi connectivity index (χ3n) is 3.78. The first kappa shape index (κ1) is 16.7. The van der Waals surface area contributed by atoms with Gasteiger partial charge in [0, 0.05) is 12.5 Å². The van der Waals surface area contributed by atoms with Crippen LogP contribution in [0, 0.1) is 11.7 Å². The Morgan fingerprint density at radius 2 is 2.00 bits per heavy atom. The van der Waals surface area contributed by atoms with E-state index in [-0.39, 0.29) is 23.2 Å². The molecule has 0 spiro atoms. The number of halogens is 2. The fourth-order valence-corrected chi connectivity index (χ4v) is 2.71.